The van der Waals surface area contributed by atoms with Gasteiger partial charge in [0.05, 0.1) is 6.10 Å². The lowest BCUT2D eigenvalue weighted by Crippen LogP contribution is -2.38. The molecule has 11 heteroatoms. The van der Waals surface area contributed by atoms with Gasteiger partial charge in [0.2, 0.25) is 0 Å². The Labute approximate surface area is 143 Å². The average Bonchev–Trinajstić information content (AvgIpc) is 2.57. The van der Waals surface area contributed by atoms with Gasteiger partial charge in [0.1, 0.15) is 19.3 Å². The molecule has 0 aliphatic heterocycles. The predicted molar refractivity (Wildman–Crippen MR) is 84.3 cm³/mol. The Bertz CT molecular complexity index is 604. The molecule has 0 saturated heterocycles. The fourth-order valence-electron chi connectivity index (χ4n) is 1.70. The van der Waals surface area contributed by atoms with E-state index in [0.29, 0.717) is 0 Å². The standard InChI is InChI=1S/C14H20NO9P/c16-11(13(18)12(17)9-24-25(20,21)22)6-7-15-14(19)23-8-10-4-2-1-3-5-10/h1-5,11,13,16,18H,6-9H2,(H,15,19)(H2,20,21,22)/t11-,13+/m0/s1. The third kappa shape index (κ3) is 9.30. The van der Waals surface area contributed by atoms with Gasteiger partial charge in [0.15, 0.2) is 5.78 Å². The lowest BCUT2D eigenvalue weighted by molar-refractivity contribution is -0.135. The molecule has 0 aliphatic rings. The molecule has 1 aromatic rings. The molecule has 140 valence electrons. The maximum Gasteiger partial charge on any atom is 0.470 e. The highest BCUT2D eigenvalue weighted by atomic mass is 31.2. The van der Waals surface area contributed by atoms with Gasteiger partial charge in [-0.2, -0.15) is 0 Å². The zero-order valence-corrected chi connectivity index (χ0v) is 14.0. The average molecular weight is 377 g/mol. The number of ketones is 1. The lowest BCUT2D eigenvalue weighted by atomic mass is 10.1. The molecule has 0 aliphatic carbocycles. The van der Waals surface area contributed by atoms with Crippen LogP contribution in [0.4, 0.5) is 4.79 Å². The number of amides is 1. The zero-order chi connectivity index (χ0) is 18.9. The van der Waals surface area contributed by atoms with Crippen molar-refractivity contribution < 1.29 is 43.4 Å². The van der Waals surface area contributed by atoms with Crippen LogP contribution in [-0.2, 0) is 25.2 Å². The van der Waals surface area contributed by atoms with Crippen molar-refractivity contribution in [3.8, 4) is 0 Å². The van der Waals surface area contributed by atoms with Crippen LogP contribution in [0.5, 0.6) is 0 Å². The van der Waals surface area contributed by atoms with Crippen LogP contribution in [-0.4, -0.2) is 57.2 Å². The number of Topliss-reactive ketones (excluding diaryl/α,β-unsaturated/α-hetero) is 1. The Morgan fingerprint density at radius 3 is 2.40 bits per heavy atom. The fourth-order valence-corrected chi connectivity index (χ4v) is 2.00. The van der Waals surface area contributed by atoms with Crippen molar-refractivity contribution in [3.05, 3.63) is 35.9 Å². The highest BCUT2D eigenvalue weighted by Gasteiger charge is 2.26. The molecular formula is C14H20NO9P. The number of rotatable bonds is 10. The summed E-state index contributed by atoms with van der Waals surface area (Å²) in [5, 5.41) is 21.5. The van der Waals surface area contributed by atoms with Gasteiger partial charge >= 0.3 is 13.9 Å². The minimum atomic E-state index is -4.84. The van der Waals surface area contributed by atoms with Crippen LogP contribution < -0.4 is 5.32 Å². The highest BCUT2D eigenvalue weighted by Crippen LogP contribution is 2.35. The van der Waals surface area contributed by atoms with E-state index in [2.05, 4.69) is 9.84 Å². The smallest absolute Gasteiger partial charge is 0.445 e. The van der Waals surface area contributed by atoms with Crippen molar-refractivity contribution in [2.24, 2.45) is 0 Å². The van der Waals surface area contributed by atoms with Gasteiger partial charge in [-0.3, -0.25) is 9.32 Å². The van der Waals surface area contributed by atoms with Gasteiger partial charge < -0.3 is 30.1 Å². The fraction of sp³-hybridized carbons (Fsp3) is 0.429. The van der Waals surface area contributed by atoms with Crippen LogP contribution in [0.15, 0.2) is 30.3 Å². The molecule has 1 aromatic carbocycles. The Balaban J connectivity index is 2.24. The second kappa shape index (κ2) is 10.2. The maximum atomic E-state index is 11.5. The van der Waals surface area contributed by atoms with E-state index < -0.39 is 38.5 Å². The molecule has 0 radical (unpaired) electrons. The maximum absolute atomic E-state index is 11.5. The minimum Gasteiger partial charge on any atom is -0.445 e. The molecule has 0 fully saturated rings. The van der Waals surface area contributed by atoms with E-state index in [9.17, 15) is 24.4 Å². The van der Waals surface area contributed by atoms with Gasteiger partial charge in [-0.05, 0) is 12.0 Å². The molecule has 0 spiro atoms. The minimum absolute atomic E-state index is 0.0655. The van der Waals surface area contributed by atoms with E-state index in [0.717, 1.165) is 5.56 Å². The van der Waals surface area contributed by atoms with Gasteiger partial charge in [-0.25, -0.2) is 9.36 Å². The van der Waals surface area contributed by atoms with Gasteiger partial charge in [-0.15, -0.1) is 0 Å². The number of nitrogens with one attached hydrogen (secondary N) is 1. The van der Waals surface area contributed by atoms with Crippen LogP contribution in [0.3, 0.4) is 0 Å². The van der Waals surface area contributed by atoms with Crippen molar-refractivity contribution >= 4 is 19.7 Å². The Morgan fingerprint density at radius 1 is 1.16 bits per heavy atom. The summed E-state index contributed by atoms with van der Waals surface area (Å²) in [7, 11) is -4.84. The number of phosphoric acid groups is 1. The monoisotopic (exact) mass is 377 g/mol. The first kappa shape index (κ1) is 21.2. The number of hydrogen-bond acceptors (Lipinski definition) is 7. The van der Waals surface area contributed by atoms with E-state index in [1.165, 1.54) is 0 Å². The molecule has 0 saturated carbocycles. The Morgan fingerprint density at radius 2 is 1.80 bits per heavy atom. The molecule has 2 atom stereocenters. The first-order valence-electron chi connectivity index (χ1n) is 7.22. The first-order valence-corrected chi connectivity index (χ1v) is 8.75. The predicted octanol–water partition coefficient (Wildman–Crippen LogP) is -0.297. The molecule has 0 bridgehead atoms. The highest BCUT2D eigenvalue weighted by molar-refractivity contribution is 7.46. The number of carbonyl (C=O) groups is 2. The van der Waals surface area contributed by atoms with Crippen molar-refractivity contribution in [3.63, 3.8) is 0 Å². The number of benzene rings is 1. The summed E-state index contributed by atoms with van der Waals surface area (Å²) >= 11 is 0. The van der Waals surface area contributed by atoms with Crippen LogP contribution >= 0.6 is 7.82 Å². The van der Waals surface area contributed by atoms with Crippen LogP contribution in [0.25, 0.3) is 0 Å². The second-order valence-electron chi connectivity index (χ2n) is 5.02. The van der Waals surface area contributed by atoms with Crippen LogP contribution in [0.2, 0.25) is 0 Å². The summed E-state index contributed by atoms with van der Waals surface area (Å²) in [6.07, 6.45) is -4.35. The SMILES string of the molecule is O=C(NCC[C@H](O)[C@@H](O)C(=O)COP(=O)(O)O)OCc1ccccc1. The van der Waals surface area contributed by atoms with Crippen molar-refractivity contribution in [1.29, 1.82) is 0 Å². The Hall–Kier alpha value is -1.81. The lowest BCUT2D eigenvalue weighted by Gasteiger charge is -2.17. The second-order valence-corrected chi connectivity index (χ2v) is 6.26. The summed E-state index contributed by atoms with van der Waals surface area (Å²) in [6, 6.07) is 8.96. The molecule has 5 N–H and O–H groups in total. The number of ether oxygens (including phenoxy) is 1. The summed E-state index contributed by atoms with van der Waals surface area (Å²) < 4.78 is 19.3. The molecule has 1 rings (SSSR count). The molecule has 0 aromatic heterocycles. The third-order valence-corrected chi connectivity index (χ3v) is 3.46. The molecule has 1 amide bonds. The van der Waals surface area contributed by atoms with Crippen molar-refractivity contribution in [2.45, 2.75) is 25.2 Å². The third-order valence-electron chi connectivity index (χ3n) is 2.99. The zero-order valence-electron chi connectivity index (χ0n) is 13.1. The quantitative estimate of drug-likeness (QED) is 0.345. The van der Waals surface area contributed by atoms with E-state index >= 15 is 0 Å². The van der Waals surface area contributed by atoms with E-state index in [-0.39, 0.29) is 19.6 Å². The summed E-state index contributed by atoms with van der Waals surface area (Å²) in [5.74, 6) is -1.09. The van der Waals surface area contributed by atoms with E-state index in [4.69, 9.17) is 14.5 Å². The number of hydrogen-bond donors (Lipinski definition) is 5. The Kier molecular flexibility index (Phi) is 8.70. The van der Waals surface area contributed by atoms with Crippen LogP contribution in [0, 0.1) is 0 Å². The van der Waals surface area contributed by atoms with Gasteiger partial charge in [0, 0.05) is 6.54 Å². The normalized spacial score (nSPS) is 13.8. The largest absolute Gasteiger partial charge is 0.470 e. The first-order chi connectivity index (χ1) is 11.7. The van der Waals surface area contributed by atoms with Gasteiger partial charge in [0.25, 0.3) is 0 Å². The number of aliphatic hydroxyl groups is 2. The van der Waals surface area contributed by atoms with Crippen molar-refractivity contribution in [1.82, 2.24) is 5.32 Å². The number of aliphatic hydroxyl groups excluding tert-OH is 2. The topological polar surface area (TPSA) is 163 Å². The molecule has 0 heterocycles. The van der Waals surface area contributed by atoms with Gasteiger partial charge in [-0.1, -0.05) is 30.3 Å². The summed E-state index contributed by atoms with van der Waals surface area (Å²) in [6.45, 7) is -1.07. The molecule has 25 heavy (non-hydrogen) atoms. The van der Waals surface area contributed by atoms with Crippen molar-refractivity contribution in [2.75, 3.05) is 13.2 Å². The summed E-state index contributed by atoms with van der Waals surface area (Å²) in [5.41, 5.74) is 0.795. The molecular weight excluding hydrogens is 357 g/mol. The summed E-state index contributed by atoms with van der Waals surface area (Å²) in [4.78, 5) is 39.8. The van der Waals surface area contributed by atoms with Crippen LogP contribution in [0.1, 0.15) is 12.0 Å². The number of carbonyl (C=O) groups excluding carboxylic acids is 2. The van der Waals surface area contributed by atoms with E-state index in [1.807, 2.05) is 6.07 Å². The molecule has 0 unspecified atom stereocenters. The number of alkyl carbamates (subject to hydrolysis) is 1. The molecule has 10 nitrogen and oxygen atoms in total. The number of phosphoric ester groups is 1. The van der Waals surface area contributed by atoms with E-state index in [1.54, 1.807) is 24.3 Å².